The van der Waals surface area contributed by atoms with Crippen LogP contribution < -0.4 is 5.32 Å². The number of amides is 1. The van der Waals surface area contributed by atoms with Crippen LogP contribution in [-0.2, 0) is 6.18 Å². The lowest BCUT2D eigenvalue weighted by Crippen LogP contribution is -2.39. The molecule has 128 valence electrons. The summed E-state index contributed by atoms with van der Waals surface area (Å²) in [5.41, 5.74) is -1.64. The number of alkyl halides is 3. The van der Waals surface area contributed by atoms with E-state index in [2.05, 4.69) is 15.6 Å². The SMILES string of the molecule is CN(C(=O)c1nnn(-c2ccccc2)c1C(F)(F)F)[C@@H]1CCNC1. The number of nitrogens with zero attached hydrogens (tertiary/aromatic N) is 4. The molecule has 1 saturated heterocycles. The van der Waals surface area contributed by atoms with Gasteiger partial charge in [0.25, 0.3) is 5.91 Å². The number of halogens is 3. The Labute approximate surface area is 136 Å². The monoisotopic (exact) mass is 339 g/mol. The van der Waals surface area contributed by atoms with Crippen LogP contribution in [0.3, 0.4) is 0 Å². The smallest absolute Gasteiger partial charge is 0.336 e. The molecule has 1 amide bonds. The van der Waals surface area contributed by atoms with E-state index in [1.54, 1.807) is 18.2 Å². The largest absolute Gasteiger partial charge is 0.435 e. The molecule has 1 aromatic carbocycles. The van der Waals surface area contributed by atoms with Gasteiger partial charge in [-0.25, -0.2) is 4.68 Å². The second-order valence-electron chi connectivity index (χ2n) is 5.59. The highest BCUT2D eigenvalue weighted by molar-refractivity contribution is 5.93. The van der Waals surface area contributed by atoms with Gasteiger partial charge in [0.1, 0.15) is 0 Å². The molecule has 2 heterocycles. The summed E-state index contributed by atoms with van der Waals surface area (Å²) in [6.45, 7) is 1.28. The van der Waals surface area contributed by atoms with Gasteiger partial charge in [-0.15, -0.1) is 5.10 Å². The molecule has 1 atom stereocenters. The van der Waals surface area contributed by atoms with Gasteiger partial charge in [0.05, 0.1) is 5.69 Å². The van der Waals surface area contributed by atoms with Gasteiger partial charge in [0, 0.05) is 19.6 Å². The molecule has 3 rings (SSSR count). The summed E-state index contributed by atoms with van der Waals surface area (Å²) in [7, 11) is 1.49. The van der Waals surface area contributed by atoms with Crippen molar-refractivity contribution in [3.05, 3.63) is 41.7 Å². The van der Waals surface area contributed by atoms with Crippen LogP contribution in [0.5, 0.6) is 0 Å². The molecule has 1 aromatic heterocycles. The Hall–Kier alpha value is -2.42. The molecule has 0 bridgehead atoms. The molecule has 0 aliphatic carbocycles. The van der Waals surface area contributed by atoms with Crippen LogP contribution in [0.4, 0.5) is 13.2 Å². The fourth-order valence-corrected chi connectivity index (χ4v) is 2.73. The Morgan fingerprint density at radius 3 is 2.62 bits per heavy atom. The minimum Gasteiger partial charge on any atom is -0.336 e. The zero-order valence-corrected chi connectivity index (χ0v) is 12.9. The summed E-state index contributed by atoms with van der Waals surface area (Å²) in [6.07, 6.45) is -4.06. The highest BCUT2D eigenvalue weighted by Crippen LogP contribution is 2.33. The Kier molecular flexibility index (Phi) is 4.27. The third kappa shape index (κ3) is 2.99. The van der Waals surface area contributed by atoms with Crippen molar-refractivity contribution in [1.29, 1.82) is 0 Å². The van der Waals surface area contributed by atoms with E-state index in [0.29, 0.717) is 17.6 Å². The fraction of sp³-hybridized carbons (Fsp3) is 0.400. The second-order valence-corrected chi connectivity index (χ2v) is 5.59. The third-order valence-electron chi connectivity index (χ3n) is 4.04. The van der Waals surface area contributed by atoms with Gasteiger partial charge in [0.2, 0.25) is 0 Å². The Morgan fingerprint density at radius 2 is 2.04 bits per heavy atom. The van der Waals surface area contributed by atoms with Crippen molar-refractivity contribution in [2.24, 2.45) is 0 Å². The van der Waals surface area contributed by atoms with Gasteiger partial charge in [-0.1, -0.05) is 23.4 Å². The van der Waals surface area contributed by atoms with Crippen LogP contribution in [0.25, 0.3) is 5.69 Å². The highest BCUT2D eigenvalue weighted by Gasteiger charge is 2.43. The van der Waals surface area contributed by atoms with Crippen molar-refractivity contribution in [2.75, 3.05) is 20.1 Å². The van der Waals surface area contributed by atoms with Gasteiger partial charge < -0.3 is 10.2 Å². The van der Waals surface area contributed by atoms with E-state index in [4.69, 9.17) is 0 Å². The van der Waals surface area contributed by atoms with E-state index >= 15 is 0 Å². The fourth-order valence-electron chi connectivity index (χ4n) is 2.73. The van der Waals surface area contributed by atoms with Crippen LogP contribution in [0.15, 0.2) is 30.3 Å². The quantitative estimate of drug-likeness (QED) is 0.925. The number of hydrogen-bond donors (Lipinski definition) is 1. The first-order valence-corrected chi connectivity index (χ1v) is 7.46. The number of benzene rings is 1. The molecule has 0 spiro atoms. The topological polar surface area (TPSA) is 63.1 Å². The molecule has 2 aromatic rings. The summed E-state index contributed by atoms with van der Waals surface area (Å²) >= 11 is 0. The van der Waals surface area contributed by atoms with Gasteiger partial charge in [-0.3, -0.25) is 4.79 Å². The average molecular weight is 339 g/mol. The number of carbonyl (C=O) groups is 1. The first-order chi connectivity index (χ1) is 11.4. The highest BCUT2D eigenvalue weighted by atomic mass is 19.4. The number of hydrogen-bond acceptors (Lipinski definition) is 4. The van der Waals surface area contributed by atoms with Crippen molar-refractivity contribution in [2.45, 2.75) is 18.6 Å². The van der Waals surface area contributed by atoms with Gasteiger partial charge in [0.15, 0.2) is 11.4 Å². The summed E-state index contributed by atoms with van der Waals surface area (Å²) in [5, 5.41) is 10.2. The lowest BCUT2D eigenvalue weighted by atomic mass is 10.2. The minimum absolute atomic E-state index is 0.152. The van der Waals surface area contributed by atoms with Crippen LogP contribution in [-0.4, -0.2) is 52.0 Å². The van der Waals surface area contributed by atoms with E-state index in [0.717, 1.165) is 6.54 Å². The van der Waals surface area contributed by atoms with E-state index in [-0.39, 0.29) is 11.7 Å². The number of carbonyl (C=O) groups excluding carboxylic acids is 1. The van der Waals surface area contributed by atoms with Crippen molar-refractivity contribution in [1.82, 2.24) is 25.2 Å². The summed E-state index contributed by atoms with van der Waals surface area (Å²) in [6, 6.07) is 7.66. The second kappa shape index (κ2) is 6.23. The van der Waals surface area contributed by atoms with E-state index < -0.39 is 23.5 Å². The predicted molar refractivity (Wildman–Crippen MR) is 79.7 cm³/mol. The van der Waals surface area contributed by atoms with Gasteiger partial charge in [-0.05, 0) is 25.1 Å². The number of rotatable bonds is 3. The van der Waals surface area contributed by atoms with Crippen molar-refractivity contribution in [3.8, 4) is 5.69 Å². The summed E-state index contributed by atoms with van der Waals surface area (Å²) in [5.74, 6) is -0.779. The summed E-state index contributed by atoms with van der Waals surface area (Å²) in [4.78, 5) is 13.8. The molecule has 0 unspecified atom stereocenters. The molecule has 1 fully saturated rings. The Bertz CT molecular complexity index is 722. The lowest BCUT2D eigenvalue weighted by molar-refractivity contribution is -0.143. The normalized spacial score (nSPS) is 17.9. The molecule has 6 nitrogen and oxygen atoms in total. The molecule has 24 heavy (non-hydrogen) atoms. The van der Waals surface area contributed by atoms with E-state index in [1.165, 1.54) is 24.1 Å². The number of aromatic nitrogens is 3. The molecule has 9 heteroatoms. The molecule has 0 saturated carbocycles. The maximum Gasteiger partial charge on any atom is 0.435 e. The van der Waals surface area contributed by atoms with Crippen LogP contribution in [0.1, 0.15) is 22.6 Å². The van der Waals surface area contributed by atoms with E-state index in [1.807, 2.05) is 0 Å². The zero-order valence-electron chi connectivity index (χ0n) is 12.9. The first kappa shape index (κ1) is 16.4. The molecular formula is C15H16F3N5O. The Balaban J connectivity index is 2.02. The van der Waals surface area contributed by atoms with Crippen LogP contribution >= 0.6 is 0 Å². The average Bonchev–Trinajstić information content (AvgIpc) is 3.23. The molecule has 0 radical (unpaired) electrons. The predicted octanol–water partition coefficient (Wildman–Crippen LogP) is 1.72. The Morgan fingerprint density at radius 1 is 1.33 bits per heavy atom. The lowest BCUT2D eigenvalue weighted by Gasteiger charge is -2.23. The summed E-state index contributed by atoms with van der Waals surface area (Å²) < 4.78 is 41.3. The maximum absolute atomic E-state index is 13.5. The number of para-hydroxylation sites is 1. The van der Waals surface area contributed by atoms with Crippen molar-refractivity contribution >= 4 is 5.91 Å². The maximum atomic E-state index is 13.5. The standard InChI is InChI=1S/C15H16F3N5O/c1-22(11-7-8-19-9-11)14(24)12-13(15(16,17)18)23(21-20-12)10-5-3-2-4-6-10/h2-6,11,19H,7-9H2,1H3/t11-/m1/s1. The van der Waals surface area contributed by atoms with Crippen LogP contribution in [0.2, 0.25) is 0 Å². The minimum atomic E-state index is -4.75. The molecule has 1 N–H and O–H groups in total. The molecule has 1 aliphatic rings. The zero-order chi connectivity index (χ0) is 17.3. The molecule has 1 aliphatic heterocycles. The van der Waals surface area contributed by atoms with E-state index in [9.17, 15) is 18.0 Å². The molecular weight excluding hydrogens is 323 g/mol. The number of likely N-dealkylation sites (N-methyl/N-ethyl adjacent to an activating group) is 1. The first-order valence-electron chi connectivity index (χ1n) is 7.46. The van der Waals surface area contributed by atoms with Crippen LogP contribution in [0, 0.1) is 0 Å². The van der Waals surface area contributed by atoms with Crippen molar-refractivity contribution < 1.29 is 18.0 Å². The van der Waals surface area contributed by atoms with Gasteiger partial charge >= 0.3 is 6.18 Å². The third-order valence-corrected chi connectivity index (χ3v) is 4.04. The van der Waals surface area contributed by atoms with Gasteiger partial charge in [-0.2, -0.15) is 13.2 Å². The van der Waals surface area contributed by atoms with Crippen molar-refractivity contribution in [3.63, 3.8) is 0 Å². The number of nitrogens with one attached hydrogen (secondary N) is 1.